The molecule has 4 heteroatoms. The van der Waals surface area contributed by atoms with Gasteiger partial charge in [0.1, 0.15) is 5.82 Å². The molecule has 1 N–H and O–H groups in total. The SMILES string of the molecule is CCC(C)C(C)n1c(C)nc2cccc(C(=O)O)c21. The molecule has 2 rings (SSSR count). The lowest BCUT2D eigenvalue weighted by Crippen LogP contribution is -2.16. The van der Waals surface area contributed by atoms with Crippen molar-refractivity contribution in [3.8, 4) is 0 Å². The van der Waals surface area contributed by atoms with E-state index in [-0.39, 0.29) is 6.04 Å². The van der Waals surface area contributed by atoms with Crippen LogP contribution in [0, 0.1) is 12.8 Å². The molecule has 1 heterocycles. The van der Waals surface area contributed by atoms with E-state index in [9.17, 15) is 9.90 Å². The maximum Gasteiger partial charge on any atom is 0.337 e. The summed E-state index contributed by atoms with van der Waals surface area (Å²) in [6, 6.07) is 5.49. The van der Waals surface area contributed by atoms with Crippen molar-refractivity contribution in [3.05, 3.63) is 29.6 Å². The van der Waals surface area contributed by atoms with E-state index >= 15 is 0 Å². The first-order valence-corrected chi connectivity index (χ1v) is 6.68. The minimum atomic E-state index is -0.900. The molecular weight excluding hydrogens is 240 g/mol. The zero-order valence-corrected chi connectivity index (χ0v) is 11.8. The molecule has 0 spiro atoms. The van der Waals surface area contributed by atoms with Gasteiger partial charge in [-0.25, -0.2) is 9.78 Å². The molecule has 0 amide bonds. The van der Waals surface area contributed by atoms with E-state index in [1.807, 2.05) is 13.0 Å². The molecule has 1 aromatic carbocycles. The molecule has 0 radical (unpaired) electrons. The van der Waals surface area contributed by atoms with E-state index in [0.29, 0.717) is 11.5 Å². The Bertz CT molecular complexity index is 616. The van der Waals surface area contributed by atoms with Crippen molar-refractivity contribution in [2.75, 3.05) is 0 Å². The summed E-state index contributed by atoms with van der Waals surface area (Å²) in [4.78, 5) is 15.9. The Hall–Kier alpha value is -1.84. The molecule has 0 aliphatic rings. The first kappa shape index (κ1) is 13.6. The maximum atomic E-state index is 11.4. The van der Waals surface area contributed by atoms with Crippen molar-refractivity contribution in [2.45, 2.75) is 40.2 Å². The van der Waals surface area contributed by atoms with Crippen molar-refractivity contribution >= 4 is 17.0 Å². The molecule has 102 valence electrons. The Morgan fingerprint density at radius 2 is 2.11 bits per heavy atom. The number of fused-ring (bicyclic) bond motifs is 1. The molecular formula is C15H20N2O2. The average molecular weight is 260 g/mol. The minimum Gasteiger partial charge on any atom is -0.478 e. The lowest BCUT2D eigenvalue weighted by molar-refractivity contribution is 0.0698. The van der Waals surface area contributed by atoms with Gasteiger partial charge in [0.15, 0.2) is 0 Å². The number of carbonyl (C=O) groups is 1. The summed E-state index contributed by atoms with van der Waals surface area (Å²) in [7, 11) is 0. The monoisotopic (exact) mass is 260 g/mol. The normalized spacial score (nSPS) is 14.5. The van der Waals surface area contributed by atoms with Crippen LogP contribution < -0.4 is 0 Å². The number of aromatic nitrogens is 2. The van der Waals surface area contributed by atoms with E-state index in [1.165, 1.54) is 0 Å². The lowest BCUT2D eigenvalue weighted by atomic mass is 10.00. The van der Waals surface area contributed by atoms with Crippen LogP contribution in [0.25, 0.3) is 11.0 Å². The first-order valence-electron chi connectivity index (χ1n) is 6.68. The molecule has 0 saturated heterocycles. The van der Waals surface area contributed by atoms with Gasteiger partial charge in [0.2, 0.25) is 0 Å². The zero-order chi connectivity index (χ0) is 14.2. The van der Waals surface area contributed by atoms with Gasteiger partial charge in [0, 0.05) is 6.04 Å². The van der Waals surface area contributed by atoms with Crippen LogP contribution >= 0.6 is 0 Å². The molecule has 1 aromatic heterocycles. The highest BCUT2D eigenvalue weighted by Crippen LogP contribution is 2.29. The van der Waals surface area contributed by atoms with E-state index in [2.05, 4.69) is 30.3 Å². The van der Waals surface area contributed by atoms with Gasteiger partial charge in [0.05, 0.1) is 16.6 Å². The van der Waals surface area contributed by atoms with Gasteiger partial charge in [0.25, 0.3) is 0 Å². The smallest absolute Gasteiger partial charge is 0.337 e. The predicted molar refractivity (Wildman–Crippen MR) is 75.6 cm³/mol. The topological polar surface area (TPSA) is 55.1 Å². The number of imidazole rings is 1. The summed E-state index contributed by atoms with van der Waals surface area (Å²) < 4.78 is 2.06. The largest absolute Gasteiger partial charge is 0.478 e. The Morgan fingerprint density at radius 1 is 1.42 bits per heavy atom. The third-order valence-corrected chi connectivity index (χ3v) is 3.99. The van der Waals surface area contributed by atoms with Crippen LogP contribution in [-0.2, 0) is 0 Å². The van der Waals surface area contributed by atoms with Gasteiger partial charge < -0.3 is 9.67 Å². The summed E-state index contributed by atoms with van der Waals surface area (Å²) in [5.74, 6) is 0.442. The molecule has 2 aromatic rings. The van der Waals surface area contributed by atoms with Crippen molar-refractivity contribution < 1.29 is 9.90 Å². The van der Waals surface area contributed by atoms with Crippen LogP contribution in [0.15, 0.2) is 18.2 Å². The third kappa shape index (κ3) is 2.23. The predicted octanol–water partition coefficient (Wildman–Crippen LogP) is 3.65. The van der Waals surface area contributed by atoms with E-state index in [0.717, 1.165) is 23.3 Å². The fraction of sp³-hybridized carbons (Fsp3) is 0.467. The Labute approximate surface area is 113 Å². The number of carboxylic acids is 1. The molecule has 0 fully saturated rings. The molecule has 0 aliphatic carbocycles. The van der Waals surface area contributed by atoms with Gasteiger partial charge >= 0.3 is 5.97 Å². The highest BCUT2D eigenvalue weighted by Gasteiger charge is 2.21. The summed E-state index contributed by atoms with van der Waals surface area (Å²) >= 11 is 0. The van der Waals surface area contributed by atoms with Gasteiger partial charge in [-0.1, -0.05) is 26.3 Å². The summed E-state index contributed by atoms with van der Waals surface area (Å²) in [5.41, 5.74) is 1.82. The number of aryl methyl sites for hydroxylation is 1. The van der Waals surface area contributed by atoms with Crippen LogP contribution in [0.1, 0.15) is 49.4 Å². The van der Waals surface area contributed by atoms with Crippen molar-refractivity contribution in [1.82, 2.24) is 9.55 Å². The summed E-state index contributed by atoms with van der Waals surface area (Å²) in [6.07, 6.45) is 1.05. The minimum absolute atomic E-state index is 0.232. The molecule has 4 nitrogen and oxygen atoms in total. The standard InChI is InChI=1S/C15H20N2O2/c1-5-9(2)10(3)17-11(4)16-13-8-6-7-12(14(13)17)15(18)19/h6-10H,5H2,1-4H3,(H,18,19). The number of hydrogen-bond donors (Lipinski definition) is 1. The molecule has 2 atom stereocenters. The van der Waals surface area contributed by atoms with Crippen LogP contribution in [0.3, 0.4) is 0 Å². The van der Waals surface area contributed by atoms with Crippen molar-refractivity contribution in [3.63, 3.8) is 0 Å². The Morgan fingerprint density at radius 3 is 2.68 bits per heavy atom. The van der Waals surface area contributed by atoms with Crippen molar-refractivity contribution in [2.24, 2.45) is 5.92 Å². The number of aromatic carboxylic acids is 1. The number of rotatable bonds is 4. The number of carboxylic acid groups (broad SMARTS) is 1. The van der Waals surface area contributed by atoms with E-state index in [4.69, 9.17) is 0 Å². The lowest BCUT2D eigenvalue weighted by Gasteiger charge is -2.22. The van der Waals surface area contributed by atoms with Gasteiger partial charge in [-0.2, -0.15) is 0 Å². The van der Waals surface area contributed by atoms with Gasteiger partial charge in [-0.15, -0.1) is 0 Å². The maximum absolute atomic E-state index is 11.4. The Balaban J connectivity index is 2.72. The fourth-order valence-corrected chi connectivity index (χ4v) is 2.53. The van der Waals surface area contributed by atoms with Crippen LogP contribution in [0.5, 0.6) is 0 Å². The van der Waals surface area contributed by atoms with Crippen molar-refractivity contribution in [1.29, 1.82) is 0 Å². The quantitative estimate of drug-likeness (QED) is 0.912. The molecule has 0 aliphatic heterocycles. The highest BCUT2D eigenvalue weighted by atomic mass is 16.4. The number of nitrogens with zero attached hydrogens (tertiary/aromatic N) is 2. The second kappa shape index (κ2) is 5.03. The molecule has 0 saturated carbocycles. The van der Waals surface area contributed by atoms with Gasteiger partial charge in [-0.3, -0.25) is 0 Å². The second-order valence-electron chi connectivity index (χ2n) is 5.13. The van der Waals surface area contributed by atoms with Gasteiger partial charge in [-0.05, 0) is 31.9 Å². The molecule has 19 heavy (non-hydrogen) atoms. The van der Waals surface area contributed by atoms with E-state index < -0.39 is 5.97 Å². The third-order valence-electron chi connectivity index (χ3n) is 3.99. The zero-order valence-electron chi connectivity index (χ0n) is 11.8. The molecule has 0 bridgehead atoms. The average Bonchev–Trinajstić information content (AvgIpc) is 2.72. The summed E-state index contributed by atoms with van der Waals surface area (Å²) in [6.45, 7) is 8.39. The van der Waals surface area contributed by atoms with E-state index in [1.54, 1.807) is 12.1 Å². The second-order valence-corrected chi connectivity index (χ2v) is 5.13. The summed E-state index contributed by atoms with van der Waals surface area (Å²) in [5, 5.41) is 9.35. The van der Waals surface area contributed by atoms with Crippen LogP contribution in [0.4, 0.5) is 0 Å². The first-order chi connectivity index (χ1) is 8.97. The number of hydrogen-bond acceptors (Lipinski definition) is 2. The Kier molecular flexibility index (Phi) is 3.60. The highest BCUT2D eigenvalue weighted by molar-refractivity contribution is 6.01. The number of para-hydroxylation sites is 1. The van der Waals surface area contributed by atoms with Crippen LogP contribution in [0.2, 0.25) is 0 Å². The van der Waals surface area contributed by atoms with Crippen LogP contribution in [-0.4, -0.2) is 20.6 Å². The number of benzene rings is 1. The fourth-order valence-electron chi connectivity index (χ4n) is 2.53. The molecule has 2 unspecified atom stereocenters.